The molecule has 2 aromatic heterocycles. The summed E-state index contributed by atoms with van der Waals surface area (Å²) in [5.41, 5.74) is 5.18. The van der Waals surface area contributed by atoms with Crippen LogP contribution >= 0.6 is 22.7 Å². The first-order chi connectivity index (χ1) is 12.5. The summed E-state index contributed by atoms with van der Waals surface area (Å²) in [7, 11) is 0. The zero-order valence-electron chi connectivity index (χ0n) is 14.1. The van der Waals surface area contributed by atoms with Crippen LogP contribution in [0.2, 0.25) is 0 Å². The molecular formula is C22H12O2S2. The van der Waals surface area contributed by atoms with Gasteiger partial charge in [0.05, 0.1) is 0 Å². The number of hydrogen-bond acceptors (Lipinski definition) is 4. The van der Waals surface area contributed by atoms with Crippen LogP contribution in [-0.4, -0.2) is 11.6 Å². The van der Waals surface area contributed by atoms with Gasteiger partial charge in [0.25, 0.3) is 0 Å². The van der Waals surface area contributed by atoms with Gasteiger partial charge in [-0.15, -0.1) is 22.7 Å². The monoisotopic (exact) mass is 372 g/mol. The van der Waals surface area contributed by atoms with E-state index in [2.05, 4.69) is 0 Å². The van der Waals surface area contributed by atoms with Crippen LogP contribution < -0.4 is 0 Å². The van der Waals surface area contributed by atoms with Crippen molar-refractivity contribution in [3.8, 4) is 20.9 Å². The SMILES string of the molecule is Cc1cc2c(s1)-c1ccc3c4c(ccc(c14)C2=O)-c1sc(C)cc1C3=O. The molecule has 2 aliphatic rings. The lowest BCUT2D eigenvalue weighted by Crippen LogP contribution is -2.13. The third-order valence-electron chi connectivity index (χ3n) is 5.34. The van der Waals surface area contributed by atoms with Crippen molar-refractivity contribution in [2.24, 2.45) is 0 Å². The second kappa shape index (κ2) is 4.58. The minimum Gasteiger partial charge on any atom is -0.289 e. The zero-order chi connectivity index (χ0) is 17.7. The number of carbonyl (C=O) groups excluding carboxylic acids is 2. The molecule has 2 aromatic carbocycles. The van der Waals surface area contributed by atoms with Gasteiger partial charge in [-0.25, -0.2) is 0 Å². The lowest BCUT2D eigenvalue weighted by molar-refractivity contribution is 0.103. The van der Waals surface area contributed by atoms with Crippen LogP contribution in [-0.2, 0) is 0 Å². The number of ketones is 2. The van der Waals surface area contributed by atoms with Gasteiger partial charge in [-0.2, -0.15) is 0 Å². The van der Waals surface area contributed by atoms with Crippen LogP contribution in [0.1, 0.15) is 41.6 Å². The lowest BCUT2D eigenvalue weighted by atomic mass is 9.80. The van der Waals surface area contributed by atoms with E-state index in [-0.39, 0.29) is 11.6 Å². The van der Waals surface area contributed by atoms with Crippen LogP contribution in [0.4, 0.5) is 0 Å². The van der Waals surface area contributed by atoms with E-state index in [1.807, 2.05) is 50.2 Å². The summed E-state index contributed by atoms with van der Waals surface area (Å²) in [5.74, 6) is 0.141. The van der Waals surface area contributed by atoms with E-state index in [4.69, 9.17) is 0 Å². The molecule has 0 unspecified atom stereocenters. The fourth-order valence-corrected chi connectivity index (χ4v) is 6.39. The number of benzene rings is 2. The van der Waals surface area contributed by atoms with Gasteiger partial charge in [-0.3, -0.25) is 9.59 Å². The summed E-state index contributed by atoms with van der Waals surface area (Å²) < 4.78 is 0. The number of fused-ring (bicyclic) bond motifs is 4. The highest BCUT2D eigenvalue weighted by Crippen LogP contribution is 2.50. The smallest absolute Gasteiger partial charge is 0.195 e. The molecule has 2 aliphatic carbocycles. The molecule has 6 rings (SSSR count). The minimum atomic E-state index is 0.0705. The molecule has 0 atom stereocenters. The second-order valence-electron chi connectivity index (χ2n) is 6.93. The maximum Gasteiger partial charge on any atom is 0.195 e. The Morgan fingerprint density at radius 2 is 0.962 bits per heavy atom. The number of rotatable bonds is 0. The van der Waals surface area contributed by atoms with Crippen molar-refractivity contribution in [3.63, 3.8) is 0 Å². The van der Waals surface area contributed by atoms with Gasteiger partial charge in [-0.05, 0) is 38.1 Å². The van der Waals surface area contributed by atoms with E-state index in [1.165, 1.54) is 0 Å². The Morgan fingerprint density at radius 3 is 1.38 bits per heavy atom. The van der Waals surface area contributed by atoms with Crippen LogP contribution in [0.15, 0.2) is 36.4 Å². The molecule has 26 heavy (non-hydrogen) atoms. The molecule has 0 N–H and O–H groups in total. The van der Waals surface area contributed by atoms with Gasteiger partial charge in [-0.1, -0.05) is 12.1 Å². The molecule has 4 aromatic rings. The number of carbonyl (C=O) groups is 2. The van der Waals surface area contributed by atoms with E-state index in [0.29, 0.717) is 0 Å². The summed E-state index contributed by atoms with van der Waals surface area (Å²) >= 11 is 3.31. The van der Waals surface area contributed by atoms with E-state index in [0.717, 1.165) is 63.7 Å². The highest BCUT2D eigenvalue weighted by molar-refractivity contribution is 7.16. The first kappa shape index (κ1) is 14.6. The molecule has 0 saturated carbocycles. The van der Waals surface area contributed by atoms with Crippen LogP contribution in [0.3, 0.4) is 0 Å². The molecule has 0 radical (unpaired) electrons. The number of aryl methyl sites for hydroxylation is 2. The predicted octanol–water partition coefficient (Wildman–Crippen LogP) is 6.00. The van der Waals surface area contributed by atoms with Gasteiger partial charge in [0, 0.05) is 63.7 Å². The van der Waals surface area contributed by atoms with E-state index in [9.17, 15) is 9.59 Å². The topological polar surface area (TPSA) is 34.1 Å². The summed E-state index contributed by atoms with van der Waals surface area (Å²) in [6.07, 6.45) is 0. The first-order valence-electron chi connectivity index (χ1n) is 8.45. The Hall–Kier alpha value is -2.56. The first-order valence-corrected chi connectivity index (χ1v) is 10.1. The molecule has 0 spiro atoms. The van der Waals surface area contributed by atoms with Gasteiger partial charge >= 0.3 is 0 Å². The molecular weight excluding hydrogens is 360 g/mol. The van der Waals surface area contributed by atoms with Crippen molar-refractivity contribution in [1.29, 1.82) is 0 Å². The lowest BCUT2D eigenvalue weighted by Gasteiger charge is -2.23. The highest BCUT2D eigenvalue weighted by atomic mass is 32.1. The van der Waals surface area contributed by atoms with E-state index >= 15 is 0 Å². The molecule has 0 aliphatic heterocycles. The number of hydrogen-bond donors (Lipinski definition) is 0. The summed E-state index contributed by atoms with van der Waals surface area (Å²) in [6, 6.07) is 11.9. The summed E-state index contributed by atoms with van der Waals surface area (Å²) in [6.45, 7) is 4.07. The van der Waals surface area contributed by atoms with Crippen molar-refractivity contribution in [2.45, 2.75) is 13.8 Å². The van der Waals surface area contributed by atoms with Crippen molar-refractivity contribution >= 4 is 45.0 Å². The van der Waals surface area contributed by atoms with Crippen LogP contribution in [0.25, 0.3) is 31.7 Å². The quantitative estimate of drug-likeness (QED) is 0.327. The van der Waals surface area contributed by atoms with Gasteiger partial charge < -0.3 is 0 Å². The molecule has 0 bridgehead atoms. The van der Waals surface area contributed by atoms with Crippen molar-refractivity contribution in [1.82, 2.24) is 0 Å². The highest BCUT2D eigenvalue weighted by Gasteiger charge is 2.33. The van der Waals surface area contributed by atoms with Gasteiger partial charge in [0.1, 0.15) is 0 Å². The van der Waals surface area contributed by atoms with Crippen LogP contribution in [0, 0.1) is 13.8 Å². The average Bonchev–Trinajstić information content (AvgIpc) is 3.21. The maximum absolute atomic E-state index is 13.1. The second-order valence-corrected chi connectivity index (χ2v) is 9.44. The Morgan fingerprint density at radius 1 is 0.577 bits per heavy atom. The molecule has 124 valence electrons. The minimum absolute atomic E-state index is 0.0705. The molecule has 2 heterocycles. The average molecular weight is 372 g/mol. The molecule has 0 amide bonds. The largest absolute Gasteiger partial charge is 0.289 e. The Labute approximate surface area is 157 Å². The fourth-order valence-electron chi connectivity index (χ4n) is 4.31. The van der Waals surface area contributed by atoms with Crippen molar-refractivity contribution in [2.75, 3.05) is 0 Å². The Kier molecular flexibility index (Phi) is 2.57. The standard InChI is InChI=1S/C22H12O2S2/c1-9-7-15-19(23)11-4-6-14-18-12(3-5-13(17(11)18)21(15)25-9)20(24)16-8-10(2)26-22(14)16/h3-8H,1-2H3. The van der Waals surface area contributed by atoms with Gasteiger partial charge in [0.15, 0.2) is 11.6 Å². The third kappa shape index (κ3) is 1.57. The fraction of sp³-hybridized carbons (Fsp3) is 0.0909. The zero-order valence-corrected chi connectivity index (χ0v) is 15.7. The van der Waals surface area contributed by atoms with Crippen molar-refractivity contribution < 1.29 is 9.59 Å². The van der Waals surface area contributed by atoms with Gasteiger partial charge in [0.2, 0.25) is 0 Å². The molecule has 4 heteroatoms. The Bertz CT molecular complexity index is 1230. The normalized spacial score (nSPS) is 13.9. The maximum atomic E-state index is 13.1. The third-order valence-corrected chi connectivity index (χ3v) is 7.51. The molecule has 0 saturated heterocycles. The summed E-state index contributed by atoms with van der Waals surface area (Å²) in [5, 5.41) is 1.90. The van der Waals surface area contributed by atoms with E-state index < -0.39 is 0 Å². The predicted molar refractivity (Wildman–Crippen MR) is 107 cm³/mol. The summed E-state index contributed by atoms with van der Waals surface area (Å²) in [4.78, 5) is 30.5. The molecule has 0 fully saturated rings. The van der Waals surface area contributed by atoms with Crippen LogP contribution in [0.5, 0.6) is 0 Å². The Balaban J connectivity index is 1.85. The van der Waals surface area contributed by atoms with Crippen molar-refractivity contribution in [3.05, 3.63) is 68.4 Å². The molecule has 2 nitrogen and oxygen atoms in total. The number of thiophene rings is 2. The van der Waals surface area contributed by atoms with E-state index in [1.54, 1.807) is 22.7 Å².